The molecule has 0 amide bonds. The summed E-state index contributed by atoms with van der Waals surface area (Å²) in [7, 11) is 0. The third-order valence-corrected chi connectivity index (χ3v) is 4.41. The van der Waals surface area contributed by atoms with Gasteiger partial charge in [-0.3, -0.25) is 0 Å². The molecule has 4 nitrogen and oxygen atoms in total. The molecule has 2 fully saturated rings. The first-order chi connectivity index (χ1) is 11.3. The fourth-order valence-corrected chi connectivity index (χ4v) is 2.98. The molecule has 1 aromatic carbocycles. The van der Waals surface area contributed by atoms with Gasteiger partial charge in [-0.1, -0.05) is 31.9 Å². The lowest BCUT2D eigenvalue weighted by atomic mass is 10.0. The Kier molecular flexibility index (Phi) is 6.00. The van der Waals surface area contributed by atoms with Crippen LogP contribution in [0.2, 0.25) is 0 Å². The molecule has 128 valence electrons. The summed E-state index contributed by atoms with van der Waals surface area (Å²) in [5.74, 6) is 0.325. The van der Waals surface area contributed by atoms with E-state index in [4.69, 9.17) is 18.9 Å². The second-order valence-corrected chi connectivity index (χ2v) is 6.35. The van der Waals surface area contributed by atoms with Crippen LogP contribution < -0.4 is 0 Å². The molecule has 5 heteroatoms. The monoisotopic (exact) mass is 324 g/mol. The standard InChI is InChI=1S/C18H25FO4/c1-2-3-4-13-9-20-18(21-10-13)15-11-22-17(23-12-15)14-5-7-16(19)8-6-14/h5-8,13,15,17-18H,2-4,9-12H2,1H3/t13-,15-,17-,18-. The molecule has 0 atom stereocenters. The molecule has 0 radical (unpaired) electrons. The van der Waals surface area contributed by atoms with Crippen molar-refractivity contribution >= 4 is 0 Å². The van der Waals surface area contributed by atoms with Crippen molar-refractivity contribution in [2.24, 2.45) is 11.8 Å². The molecule has 0 aromatic heterocycles. The highest BCUT2D eigenvalue weighted by Crippen LogP contribution is 2.29. The first-order valence-electron chi connectivity index (χ1n) is 8.48. The molecule has 2 heterocycles. The molecular weight excluding hydrogens is 299 g/mol. The number of unbranched alkanes of at least 4 members (excludes halogenated alkanes) is 1. The maximum atomic E-state index is 13.0. The lowest BCUT2D eigenvalue weighted by Crippen LogP contribution is -2.43. The van der Waals surface area contributed by atoms with Crippen molar-refractivity contribution < 1.29 is 23.3 Å². The first kappa shape index (κ1) is 16.8. The van der Waals surface area contributed by atoms with Gasteiger partial charge in [0.1, 0.15) is 5.82 Å². The smallest absolute Gasteiger partial charge is 0.183 e. The zero-order valence-corrected chi connectivity index (χ0v) is 13.6. The minimum absolute atomic E-state index is 0.0822. The third-order valence-electron chi connectivity index (χ3n) is 4.41. The predicted octanol–water partition coefficient (Wildman–Crippen LogP) is 3.67. The Hall–Kier alpha value is -1.01. The second kappa shape index (κ2) is 8.20. The topological polar surface area (TPSA) is 36.9 Å². The van der Waals surface area contributed by atoms with Gasteiger partial charge in [-0.2, -0.15) is 0 Å². The van der Waals surface area contributed by atoms with Crippen molar-refractivity contribution in [3.63, 3.8) is 0 Å². The molecule has 0 unspecified atom stereocenters. The largest absolute Gasteiger partial charge is 0.352 e. The number of rotatable bonds is 5. The normalized spacial score (nSPS) is 31.9. The van der Waals surface area contributed by atoms with Gasteiger partial charge in [0.25, 0.3) is 0 Å². The summed E-state index contributed by atoms with van der Waals surface area (Å²) in [5.41, 5.74) is 0.829. The predicted molar refractivity (Wildman–Crippen MR) is 83.2 cm³/mol. The van der Waals surface area contributed by atoms with Crippen molar-refractivity contribution in [1.82, 2.24) is 0 Å². The van der Waals surface area contributed by atoms with Crippen molar-refractivity contribution in [1.29, 1.82) is 0 Å². The zero-order chi connectivity index (χ0) is 16.1. The highest BCUT2D eigenvalue weighted by atomic mass is 19.1. The average molecular weight is 324 g/mol. The fourth-order valence-electron chi connectivity index (χ4n) is 2.98. The van der Waals surface area contributed by atoms with Gasteiger partial charge in [-0.15, -0.1) is 0 Å². The summed E-state index contributed by atoms with van der Waals surface area (Å²) >= 11 is 0. The minimum atomic E-state index is -0.437. The number of halogens is 1. The molecule has 0 bridgehead atoms. The number of ether oxygens (including phenoxy) is 4. The molecule has 23 heavy (non-hydrogen) atoms. The van der Waals surface area contributed by atoms with E-state index in [1.165, 1.54) is 25.0 Å². The van der Waals surface area contributed by atoms with Gasteiger partial charge in [-0.25, -0.2) is 4.39 Å². The number of hydrogen-bond donors (Lipinski definition) is 0. The highest BCUT2D eigenvalue weighted by molar-refractivity contribution is 5.17. The van der Waals surface area contributed by atoms with Crippen LogP contribution in [0, 0.1) is 17.7 Å². The van der Waals surface area contributed by atoms with Gasteiger partial charge in [-0.05, 0) is 18.6 Å². The van der Waals surface area contributed by atoms with E-state index in [-0.39, 0.29) is 18.0 Å². The van der Waals surface area contributed by atoms with Crippen LogP contribution in [-0.4, -0.2) is 32.7 Å². The molecule has 2 aliphatic rings. The minimum Gasteiger partial charge on any atom is -0.352 e. The van der Waals surface area contributed by atoms with Gasteiger partial charge >= 0.3 is 0 Å². The molecule has 0 N–H and O–H groups in total. The van der Waals surface area contributed by atoms with Gasteiger partial charge in [0.15, 0.2) is 12.6 Å². The van der Waals surface area contributed by atoms with Gasteiger partial charge < -0.3 is 18.9 Å². The Morgan fingerprint density at radius 3 is 2.22 bits per heavy atom. The van der Waals surface area contributed by atoms with E-state index >= 15 is 0 Å². The Balaban J connectivity index is 1.43. The van der Waals surface area contributed by atoms with E-state index in [1.54, 1.807) is 12.1 Å². The van der Waals surface area contributed by atoms with Crippen LogP contribution in [0.25, 0.3) is 0 Å². The molecule has 1 aromatic rings. The average Bonchev–Trinajstić information content (AvgIpc) is 2.61. The maximum Gasteiger partial charge on any atom is 0.183 e. The summed E-state index contributed by atoms with van der Waals surface area (Å²) in [5, 5.41) is 0. The number of benzene rings is 1. The molecule has 2 saturated heterocycles. The van der Waals surface area contributed by atoms with E-state index < -0.39 is 6.29 Å². The Bertz CT molecular complexity index is 462. The zero-order valence-electron chi connectivity index (χ0n) is 13.6. The van der Waals surface area contributed by atoms with Crippen molar-refractivity contribution in [2.75, 3.05) is 26.4 Å². The Morgan fingerprint density at radius 2 is 1.61 bits per heavy atom. The van der Waals surface area contributed by atoms with Gasteiger partial charge in [0.05, 0.1) is 32.3 Å². The second-order valence-electron chi connectivity index (χ2n) is 6.35. The lowest BCUT2D eigenvalue weighted by Gasteiger charge is -2.37. The van der Waals surface area contributed by atoms with Gasteiger partial charge in [0.2, 0.25) is 0 Å². The highest BCUT2D eigenvalue weighted by Gasteiger charge is 2.33. The van der Waals surface area contributed by atoms with Crippen molar-refractivity contribution in [3.8, 4) is 0 Å². The summed E-state index contributed by atoms with van der Waals surface area (Å²) in [4.78, 5) is 0. The summed E-state index contributed by atoms with van der Waals surface area (Å²) < 4.78 is 36.2. The molecule has 0 saturated carbocycles. The number of hydrogen-bond acceptors (Lipinski definition) is 4. The molecule has 3 rings (SSSR count). The van der Waals surface area contributed by atoms with Crippen LogP contribution in [0.5, 0.6) is 0 Å². The lowest BCUT2D eigenvalue weighted by molar-refractivity contribution is -0.283. The first-order valence-corrected chi connectivity index (χ1v) is 8.48. The quantitative estimate of drug-likeness (QED) is 0.828. The van der Waals surface area contributed by atoms with Crippen LogP contribution >= 0.6 is 0 Å². The van der Waals surface area contributed by atoms with Gasteiger partial charge in [0, 0.05) is 11.5 Å². The van der Waals surface area contributed by atoms with E-state index in [0.29, 0.717) is 19.1 Å². The van der Waals surface area contributed by atoms with E-state index in [1.807, 2.05) is 0 Å². The van der Waals surface area contributed by atoms with Crippen LogP contribution in [0.1, 0.15) is 38.0 Å². The van der Waals surface area contributed by atoms with Crippen LogP contribution in [-0.2, 0) is 18.9 Å². The molecule has 2 aliphatic heterocycles. The summed E-state index contributed by atoms with van der Waals surface area (Å²) in [6.07, 6.45) is 2.90. The Labute approximate surface area is 136 Å². The Morgan fingerprint density at radius 1 is 0.957 bits per heavy atom. The fraction of sp³-hybridized carbons (Fsp3) is 0.667. The SMILES string of the molecule is CCCC[C@H]1CO[C@H]([C@H]2CO[C@H](c3ccc(F)cc3)OC2)OC1. The third kappa shape index (κ3) is 4.51. The van der Waals surface area contributed by atoms with Crippen molar-refractivity contribution in [3.05, 3.63) is 35.6 Å². The van der Waals surface area contributed by atoms with Crippen LogP contribution in [0.4, 0.5) is 4.39 Å². The molecule has 0 aliphatic carbocycles. The van der Waals surface area contributed by atoms with Crippen molar-refractivity contribution in [2.45, 2.75) is 38.8 Å². The van der Waals surface area contributed by atoms with E-state index in [0.717, 1.165) is 25.2 Å². The molecule has 0 spiro atoms. The summed E-state index contributed by atoms with van der Waals surface area (Å²) in [6, 6.07) is 6.20. The summed E-state index contributed by atoms with van der Waals surface area (Å²) in [6.45, 7) is 4.74. The van der Waals surface area contributed by atoms with E-state index in [2.05, 4.69) is 6.92 Å². The maximum absolute atomic E-state index is 13.0. The van der Waals surface area contributed by atoms with Crippen LogP contribution in [0.3, 0.4) is 0 Å². The van der Waals surface area contributed by atoms with Crippen LogP contribution in [0.15, 0.2) is 24.3 Å². The van der Waals surface area contributed by atoms with E-state index in [9.17, 15) is 4.39 Å². The molecular formula is C18H25FO4.